The van der Waals surface area contributed by atoms with Gasteiger partial charge in [-0.2, -0.15) is 0 Å². The Morgan fingerprint density at radius 3 is 2.58 bits per heavy atom. The van der Waals surface area contributed by atoms with E-state index in [1.165, 1.54) is 0 Å². The van der Waals surface area contributed by atoms with E-state index < -0.39 is 0 Å². The van der Waals surface area contributed by atoms with E-state index in [9.17, 15) is 9.59 Å². The zero-order valence-electron chi connectivity index (χ0n) is 15.0. The van der Waals surface area contributed by atoms with Crippen LogP contribution < -0.4 is 10.5 Å². The number of hydrogen-bond acceptors (Lipinski definition) is 4. The lowest BCUT2D eigenvalue weighted by Gasteiger charge is -2.35. The number of amides is 2. The first-order valence-electron chi connectivity index (χ1n) is 9.15. The summed E-state index contributed by atoms with van der Waals surface area (Å²) in [4.78, 5) is 29.0. The lowest BCUT2D eigenvalue weighted by Crippen LogP contribution is -2.50. The molecule has 6 nitrogen and oxygen atoms in total. The molecule has 3 rings (SSSR count). The van der Waals surface area contributed by atoms with Crippen LogP contribution in [-0.2, 0) is 9.59 Å². The molecule has 1 aromatic rings. The second-order valence-electron chi connectivity index (χ2n) is 6.84. The highest BCUT2D eigenvalue weighted by Gasteiger charge is 2.35. The third kappa shape index (κ3) is 4.89. The van der Waals surface area contributed by atoms with E-state index in [2.05, 4.69) is 0 Å². The molecule has 0 bridgehead atoms. The van der Waals surface area contributed by atoms with Crippen LogP contribution in [0, 0.1) is 5.92 Å². The van der Waals surface area contributed by atoms with Crippen LogP contribution in [0.5, 0.6) is 5.75 Å². The minimum Gasteiger partial charge on any atom is -0.484 e. The fourth-order valence-corrected chi connectivity index (χ4v) is 3.76. The highest BCUT2D eigenvalue weighted by molar-refractivity contribution is 5.85. The van der Waals surface area contributed by atoms with E-state index >= 15 is 0 Å². The standard InChI is InChI=1S/C19H27N3O3.ClH/c20-12-16-7-5-11-22(16)19(24)15-6-4-10-21(13-15)18(23)14-25-17-8-2-1-3-9-17;/h1-3,8-9,15-16H,4-7,10-14,20H2;1H. The maximum atomic E-state index is 12.8. The van der Waals surface area contributed by atoms with Gasteiger partial charge in [-0.25, -0.2) is 0 Å². The molecule has 0 aliphatic carbocycles. The van der Waals surface area contributed by atoms with Crippen LogP contribution in [0.3, 0.4) is 0 Å². The number of carbonyl (C=O) groups is 2. The van der Waals surface area contributed by atoms with Gasteiger partial charge >= 0.3 is 0 Å². The van der Waals surface area contributed by atoms with Crippen molar-refractivity contribution in [1.29, 1.82) is 0 Å². The number of piperidine rings is 1. The molecule has 2 aliphatic rings. The first-order valence-corrected chi connectivity index (χ1v) is 9.15. The number of nitrogens with zero attached hydrogens (tertiary/aromatic N) is 2. The van der Waals surface area contributed by atoms with Gasteiger partial charge in [-0.1, -0.05) is 18.2 Å². The van der Waals surface area contributed by atoms with Gasteiger partial charge in [-0.15, -0.1) is 12.4 Å². The summed E-state index contributed by atoms with van der Waals surface area (Å²) in [6.07, 6.45) is 3.71. The molecule has 2 amide bonds. The molecule has 144 valence electrons. The summed E-state index contributed by atoms with van der Waals surface area (Å²) in [7, 11) is 0. The predicted octanol–water partition coefficient (Wildman–Crippen LogP) is 1.68. The van der Waals surface area contributed by atoms with Crippen molar-refractivity contribution in [2.75, 3.05) is 32.8 Å². The average molecular weight is 382 g/mol. The normalized spacial score (nSPS) is 22.7. The molecule has 2 aliphatic heterocycles. The zero-order chi connectivity index (χ0) is 17.6. The molecule has 1 aromatic carbocycles. The number of ether oxygens (including phenoxy) is 1. The first-order chi connectivity index (χ1) is 12.2. The fraction of sp³-hybridized carbons (Fsp3) is 0.579. The fourth-order valence-electron chi connectivity index (χ4n) is 3.76. The zero-order valence-corrected chi connectivity index (χ0v) is 15.8. The van der Waals surface area contributed by atoms with E-state index in [1.807, 2.05) is 35.2 Å². The Hall–Kier alpha value is -1.79. The van der Waals surface area contributed by atoms with Crippen LogP contribution in [0.4, 0.5) is 0 Å². The van der Waals surface area contributed by atoms with E-state index in [-0.39, 0.29) is 42.8 Å². The number of rotatable bonds is 5. The van der Waals surface area contributed by atoms with Crippen molar-refractivity contribution in [3.63, 3.8) is 0 Å². The number of halogens is 1. The molecule has 0 spiro atoms. The smallest absolute Gasteiger partial charge is 0.260 e. The number of likely N-dealkylation sites (tertiary alicyclic amines) is 2. The molecule has 2 saturated heterocycles. The van der Waals surface area contributed by atoms with Crippen molar-refractivity contribution in [2.24, 2.45) is 11.7 Å². The van der Waals surface area contributed by atoms with Gasteiger partial charge in [-0.3, -0.25) is 9.59 Å². The largest absolute Gasteiger partial charge is 0.484 e. The van der Waals surface area contributed by atoms with Crippen LogP contribution in [0.15, 0.2) is 30.3 Å². The number of para-hydroxylation sites is 1. The Balaban J connectivity index is 0.00000243. The lowest BCUT2D eigenvalue weighted by molar-refractivity contribution is -0.142. The van der Waals surface area contributed by atoms with E-state index in [0.29, 0.717) is 25.4 Å². The molecule has 0 radical (unpaired) electrons. The summed E-state index contributed by atoms with van der Waals surface area (Å²) < 4.78 is 5.55. The molecule has 2 atom stereocenters. The highest BCUT2D eigenvalue weighted by atomic mass is 35.5. The van der Waals surface area contributed by atoms with E-state index in [1.54, 1.807) is 4.90 Å². The van der Waals surface area contributed by atoms with Crippen LogP contribution in [0.1, 0.15) is 25.7 Å². The monoisotopic (exact) mass is 381 g/mol. The highest BCUT2D eigenvalue weighted by Crippen LogP contribution is 2.24. The molecule has 0 saturated carbocycles. The molecule has 2 unspecified atom stereocenters. The van der Waals surface area contributed by atoms with Gasteiger partial charge in [-0.05, 0) is 37.8 Å². The maximum Gasteiger partial charge on any atom is 0.260 e. The Kier molecular flexibility index (Phi) is 7.72. The van der Waals surface area contributed by atoms with Crippen molar-refractivity contribution in [3.8, 4) is 5.75 Å². The van der Waals surface area contributed by atoms with Gasteiger partial charge in [0.1, 0.15) is 5.75 Å². The molecule has 2 heterocycles. The molecule has 0 aromatic heterocycles. The molecule has 2 N–H and O–H groups in total. The molecular formula is C19H28ClN3O3. The summed E-state index contributed by atoms with van der Waals surface area (Å²) >= 11 is 0. The van der Waals surface area contributed by atoms with Gasteiger partial charge in [0.05, 0.1) is 5.92 Å². The van der Waals surface area contributed by atoms with Crippen molar-refractivity contribution < 1.29 is 14.3 Å². The summed E-state index contributed by atoms with van der Waals surface area (Å²) in [5, 5.41) is 0. The van der Waals surface area contributed by atoms with Gasteiger partial charge in [0, 0.05) is 32.2 Å². The first kappa shape index (κ1) is 20.5. The van der Waals surface area contributed by atoms with Gasteiger partial charge in [0.2, 0.25) is 5.91 Å². The lowest BCUT2D eigenvalue weighted by atomic mass is 9.96. The maximum absolute atomic E-state index is 12.8. The molecule has 26 heavy (non-hydrogen) atoms. The second-order valence-corrected chi connectivity index (χ2v) is 6.84. The van der Waals surface area contributed by atoms with Crippen molar-refractivity contribution in [3.05, 3.63) is 30.3 Å². The summed E-state index contributed by atoms with van der Waals surface area (Å²) in [5.41, 5.74) is 5.79. The van der Waals surface area contributed by atoms with Gasteiger partial charge in [0.15, 0.2) is 6.61 Å². The van der Waals surface area contributed by atoms with Crippen LogP contribution in [0.2, 0.25) is 0 Å². The second kappa shape index (κ2) is 9.78. The Labute approximate surface area is 161 Å². The number of benzene rings is 1. The Morgan fingerprint density at radius 2 is 1.85 bits per heavy atom. The Bertz CT molecular complexity index is 599. The van der Waals surface area contributed by atoms with Gasteiger partial charge in [0.25, 0.3) is 5.91 Å². The van der Waals surface area contributed by atoms with Crippen LogP contribution in [0.25, 0.3) is 0 Å². The Morgan fingerprint density at radius 1 is 1.12 bits per heavy atom. The van der Waals surface area contributed by atoms with Crippen LogP contribution in [-0.4, -0.2) is 60.4 Å². The SMILES string of the molecule is Cl.NCC1CCCN1C(=O)C1CCCN(C(=O)COc2ccccc2)C1. The van der Waals surface area contributed by atoms with Crippen LogP contribution >= 0.6 is 12.4 Å². The molecule has 2 fully saturated rings. The summed E-state index contributed by atoms with van der Waals surface area (Å²) in [5.74, 6) is 0.678. The minimum absolute atomic E-state index is 0. The number of nitrogens with two attached hydrogens (primary N) is 1. The quantitative estimate of drug-likeness (QED) is 0.841. The van der Waals surface area contributed by atoms with Crippen molar-refractivity contribution in [2.45, 2.75) is 31.7 Å². The molecular weight excluding hydrogens is 354 g/mol. The van der Waals surface area contributed by atoms with Crippen molar-refractivity contribution in [1.82, 2.24) is 9.80 Å². The van der Waals surface area contributed by atoms with Gasteiger partial charge < -0.3 is 20.3 Å². The van der Waals surface area contributed by atoms with Crippen molar-refractivity contribution >= 4 is 24.2 Å². The third-order valence-corrected chi connectivity index (χ3v) is 5.16. The van der Waals surface area contributed by atoms with E-state index in [4.69, 9.17) is 10.5 Å². The average Bonchev–Trinajstić information content (AvgIpc) is 3.15. The number of hydrogen-bond donors (Lipinski definition) is 1. The number of carbonyl (C=O) groups excluding carboxylic acids is 2. The summed E-state index contributed by atoms with van der Waals surface area (Å²) in [6, 6.07) is 9.48. The minimum atomic E-state index is -0.110. The summed E-state index contributed by atoms with van der Waals surface area (Å²) in [6.45, 7) is 2.51. The topological polar surface area (TPSA) is 75.9 Å². The third-order valence-electron chi connectivity index (χ3n) is 5.16. The van der Waals surface area contributed by atoms with E-state index in [0.717, 1.165) is 32.2 Å². The predicted molar refractivity (Wildman–Crippen MR) is 102 cm³/mol. The molecule has 7 heteroatoms.